The fraction of sp³-hybridized carbons (Fsp3) is 0.227. The number of phenolic OH excluding ortho intramolecular Hbond substituents is 2. The van der Waals surface area contributed by atoms with Crippen LogP contribution in [0.5, 0.6) is 11.5 Å². The molecule has 0 saturated heterocycles. The van der Waals surface area contributed by atoms with Gasteiger partial charge in [0.2, 0.25) is 11.7 Å². The molecule has 1 atom stereocenters. The number of carboxylic acids is 1. The number of fused-ring (bicyclic) bond motifs is 1. The van der Waals surface area contributed by atoms with Crippen LogP contribution in [-0.4, -0.2) is 33.7 Å². The molecule has 1 aromatic heterocycles. The summed E-state index contributed by atoms with van der Waals surface area (Å²) < 4.78 is 5.11. The van der Waals surface area contributed by atoms with Gasteiger partial charge in [-0.05, 0) is 42.3 Å². The average Bonchev–Trinajstić information content (AvgIpc) is 2.72. The summed E-state index contributed by atoms with van der Waals surface area (Å²) in [7, 11) is 0. The van der Waals surface area contributed by atoms with Crippen molar-refractivity contribution in [2.24, 2.45) is 0 Å². The molecule has 1 amide bonds. The third-order valence-electron chi connectivity index (χ3n) is 5.05. The second kappa shape index (κ2) is 9.09. The highest BCUT2D eigenvalue weighted by Gasteiger charge is 2.20. The van der Waals surface area contributed by atoms with E-state index in [9.17, 15) is 29.7 Å². The molecule has 0 saturated carbocycles. The number of aromatic hydroxyl groups is 2. The number of amides is 1. The van der Waals surface area contributed by atoms with Gasteiger partial charge in [0.05, 0.1) is 18.4 Å². The summed E-state index contributed by atoms with van der Waals surface area (Å²) in [5.74, 6) is -2.95. The van der Waals surface area contributed by atoms with Gasteiger partial charge >= 0.3 is 11.6 Å². The molecule has 2 aromatic carbocycles. The Morgan fingerprint density at radius 2 is 1.81 bits per heavy atom. The third-order valence-corrected chi connectivity index (χ3v) is 5.31. The molecular weight excluding hydrogens is 426 g/mol. The summed E-state index contributed by atoms with van der Waals surface area (Å²) in [5, 5.41) is 32.2. The van der Waals surface area contributed by atoms with Crippen LogP contribution in [0.15, 0.2) is 45.6 Å². The molecule has 0 spiro atoms. The number of carbonyl (C=O) groups excluding carboxylic acids is 1. The smallest absolute Gasteiger partial charge is 0.340 e. The van der Waals surface area contributed by atoms with Gasteiger partial charge in [-0.2, -0.15) is 0 Å². The zero-order chi connectivity index (χ0) is 22.7. The van der Waals surface area contributed by atoms with E-state index in [0.29, 0.717) is 21.5 Å². The maximum Gasteiger partial charge on any atom is 0.340 e. The van der Waals surface area contributed by atoms with E-state index in [4.69, 9.17) is 16.0 Å². The lowest BCUT2D eigenvalue weighted by atomic mass is 9.95. The molecule has 9 heteroatoms. The van der Waals surface area contributed by atoms with Crippen molar-refractivity contribution in [2.75, 3.05) is 6.54 Å². The summed E-state index contributed by atoms with van der Waals surface area (Å²) in [6.45, 7) is 1.67. The first-order valence-electron chi connectivity index (χ1n) is 9.38. The van der Waals surface area contributed by atoms with Crippen molar-refractivity contribution in [3.63, 3.8) is 0 Å². The van der Waals surface area contributed by atoms with Crippen LogP contribution in [0.3, 0.4) is 0 Å². The summed E-state index contributed by atoms with van der Waals surface area (Å²) in [6.07, 6.45) is -0.478. The molecule has 0 aliphatic heterocycles. The van der Waals surface area contributed by atoms with Crippen LogP contribution < -0.4 is 10.9 Å². The molecule has 31 heavy (non-hydrogen) atoms. The monoisotopic (exact) mass is 445 g/mol. The molecule has 4 N–H and O–H groups in total. The van der Waals surface area contributed by atoms with Crippen LogP contribution in [0.1, 0.15) is 29.0 Å². The first-order valence-corrected chi connectivity index (χ1v) is 9.76. The van der Waals surface area contributed by atoms with E-state index in [2.05, 4.69) is 5.32 Å². The normalized spacial score (nSPS) is 11.9. The number of benzene rings is 2. The number of carbonyl (C=O) groups is 2. The number of halogens is 1. The molecule has 0 bridgehead atoms. The van der Waals surface area contributed by atoms with Gasteiger partial charge in [-0.25, -0.2) is 4.79 Å². The molecular formula is C22H20ClNO7. The minimum absolute atomic E-state index is 0.0549. The number of phenols is 2. The molecule has 8 nitrogen and oxygen atoms in total. The zero-order valence-electron chi connectivity index (χ0n) is 16.5. The van der Waals surface area contributed by atoms with Gasteiger partial charge in [-0.1, -0.05) is 23.7 Å². The van der Waals surface area contributed by atoms with E-state index in [-0.39, 0.29) is 30.5 Å². The van der Waals surface area contributed by atoms with Gasteiger partial charge in [0.25, 0.3) is 0 Å². The van der Waals surface area contributed by atoms with Crippen molar-refractivity contribution in [3.8, 4) is 11.5 Å². The van der Waals surface area contributed by atoms with Crippen molar-refractivity contribution >= 4 is 34.4 Å². The highest BCUT2D eigenvalue weighted by Crippen LogP contribution is 2.34. The van der Waals surface area contributed by atoms with E-state index >= 15 is 0 Å². The summed E-state index contributed by atoms with van der Waals surface area (Å²) in [6, 6.07) is 9.43. The average molecular weight is 446 g/mol. The molecule has 1 heterocycles. The van der Waals surface area contributed by atoms with Crippen molar-refractivity contribution in [1.82, 2.24) is 5.32 Å². The Hall–Kier alpha value is -3.52. The molecule has 0 fully saturated rings. The van der Waals surface area contributed by atoms with E-state index in [0.717, 1.165) is 0 Å². The Kier molecular flexibility index (Phi) is 6.50. The number of aliphatic carboxylic acids is 1. The highest BCUT2D eigenvalue weighted by molar-refractivity contribution is 6.30. The van der Waals surface area contributed by atoms with Gasteiger partial charge < -0.3 is 25.1 Å². The summed E-state index contributed by atoms with van der Waals surface area (Å²) >= 11 is 5.88. The summed E-state index contributed by atoms with van der Waals surface area (Å²) in [5.41, 5.74) is 0.299. The molecule has 3 rings (SSSR count). The van der Waals surface area contributed by atoms with Gasteiger partial charge in [0.1, 0.15) is 0 Å². The number of aryl methyl sites for hydroxylation is 1. The van der Waals surface area contributed by atoms with Gasteiger partial charge in [-0.3, -0.25) is 9.59 Å². The topological polar surface area (TPSA) is 137 Å². The Balaban J connectivity index is 1.78. The minimum atomic E-state index is -1.01. The van der Waals surface area contributed by atoms with Crippen LogP contribution >= 0.6 is 11.6 Å². The van der Waals surface area contributed by atoms with Crippen molar-refractivity contribution in [3.05, 3.63) is 68.5 Å². The predicted octanol–water partition coefficient (Wildman–Crippen LogP) is 3.08. The zero-order valence-corrected chi connectivity index (χ0v) is 17.3. The largest absolute Gasteiger partial charge is 0.504 e. The first kappa shape index (κ1) is 22.2. The predicted molar refractivity (Wildman–Crippen MR) is 114 cm³/mol. The Morgan fingerprint density at radius 3 is 2.45 bits per heavy atom. The number of hydrogen-bond acceptors (Lipinski definition) is 6. The van der Waals surface area contributed by atoms with Gasteiger partial charge in [-0.15, -0.1) is 0 Å². The maximum atomic E-state index is 12.5. The second-order valence-corrected chi connectivity index (χ2v) is 7.57. The fourth-order valence-electron chi connectivity index (χ4n) is 3.35. The SMILES string of the molecule is Cc1c(CC(=O)NCC(CC(=O)O)c2ccc(Cl)cc2)c(=O)oc2c(O)c(O)ccc12. The highest BCUT2D eigenvalue weighted by atomic mass is 35.5. The van der Waals surface area contributed by atoms with Crippen LogP contribution in [0.2, 0.25) is 5.02 Å². The fourth-order valence-corrected chi connectivity index (χ4v) is 3.47. The van der Waals surface area contributed by atoms with Gasteiger partial charge in [0.15, 0.2) is 11.3 Å². The molecule has 162 valence electrons. The number of carboxylic acid groups (broad SMARTS) is 1. The van der Waals surface area contributed by atoms with Crippen molar-refractivity contribution in [1.29, 1.82) is 0 Å². The Labute approximate surface area is 181 Å². The lowest BCUT2D eigenvalue weighted by Crippen LogP contribution is -2.32. The van der Waals surface area contributed by atoms with E-state index in [1.54, 1.807) is 31.2 Å². The Bertz CT molecular complexity index is 1200. The van der Waals surface area contributed by atoms with Crippen molar-refractivity contribution in [2.45, 2.75) is 25.7 Å². The maximum absolute atomic E-state index is 12.5. The molecule has 3 aromatic rings. The van der Waals surface area contributed by atoms with E-state index < -0.39 is 34.9 Å². The van der Waals surface area contributed by atoms with Gasteiger partial charge in [0, 0.05) is 22.9 Å². The van der Waals surface area contributed by atoms with E-state index in [1.807, 2.05) is 0 Å². The summed E-state index contributed by atoms with van der Waals surface area (Å²) in [4.78, 5) is 36.1. The number of rotatable bonds is 7. The van der Waals surface area contributed by atoms with Crippen LogP contribution in [0, 0.1) is 6.92 Å². The molecule has 0 aliphatic rings. The van der Waals surface area contributed by atoms with Crippen LogP contribution in [-0.2, 0) is 16.0 Å². The molecule has 0 aliphatic carbocycles. The van der Waals surface area contributed by atoms with Crippen LogP contribution in [0.4, 0.5) is 0 Å². The Morgan fingerprint density at radius 1 is 1.13 bits per heavy atom. The third kappa shape index (κ3) is 4.97. The lowest BCUT2D eigenvalue weighted by molar-refractivity contribution is -0.137. The molecule has 0 radical (unpaired) electrons. The number of nitrogens with one attached hydrogen (secondary N) is 1. The second-order valence-electron chi connectivity index (χ2n) is 7.13. The minimum Gasteiger partial charge on any atom is -0.504 e. The van der Waals surface area contributed by atoms with Crippen molar-refractivity contribution < 1.29 is 29.3 Å². The quantitative estimate of drug-likeness (QED) is 0.324. The van der Waals surface area contributed by atoms with Crippen LogP contribution in [0.25, 0.3) is 11.0 Å². The lowest BCUT2D eigenvalue weighted by Gasteiger charge is -2.17. The molecule has 1 unspecified atom stereocenters. The first-order chi connectivity index (χ1) is 14.7. The van der Waals surface area contributed by atoms with E-state index in [1.165, 1.54) is 12.1 Å². The standard InChI is InChI=1S/C22H20ClNO7/c1-11-15-6-7-17(25)20(29)21(15)31-22(30)16(11)9-18(26)24-10-13(8-19(27)28)12-2-4-14(23)5-3-12/h2-7,13,25,29H,8-10H2,1H3,(H,24,26)(H,27,28). The number of hydrogen-bond donors (Lipinski definition) is 4.